The van der Waals surface area contributed by atoms with Gasteiger partial charge in [-0.2, -0.15) is 0 Å². The largest absolute Gasteiger partial charge is 0.385 e. The highest BCUT2D eigenvalue weighted by atomic mass is 16.5. The molecule has 1 aromatic rings. The molecule has 1 aliphatic heterocycles. The van der Waals surface area contributed by atoms with E-state index in [-0.39, 0.29) is 17.9 Å². The first-order valence-corrected chi connectivity index (χ1v) is 10.4. The zero-order valence-electron chi connectivity index (χ0n) is 17.3. The average Bonchev–Trinajstić information content (AvgIpc) is 3.21. The Morgan fingerprint density at radius 2 is 1.96 bits per heavy atom. The van der Waals surface area contributed by atoms with Crippen LogP contribution in [0.5, 0.6) is 0 Å². The number of hydrogen-bond donors (Lipinski definition) is 2. The molecule has 6 nitrogen and oxygen atoms in total. The first kappa shape index (κ1) is 20.6. The third-order valence-electron chi connectivity index (χ3n) is 6.25. The van der Waals surface area contributed by atoms with Crippen LogP contribution in [0.3, 0.4) is 0 Å². The van der Waals surface area contributed by atoms with Crippen molar-refractivity contribution in [2.45, 2.75) is 45.1 Å². The van der Waals surface area contributed by atoms with Gasteiger partial charge >= 0.3 is 0 Å². The van der Waals surface area contributed by atoms with E-state index in [9.17, 15) is 4.79 Å². The summed E-state index contributed by atoms with van der Waals surface area (Å²) in [6.07, 6.45) is 7.02. The van der Waals surface area contributed by atoms with E-state index in [2.05, 4.69) is 33.8 Å². The third-order valence-corrected chi connectivity index (χ3v) is 6.25. The molecule has 1 saturated carbocycles. The number of ether oxygens (including phenoxy) is 1. The second-order valence-corrected chi connectivity index (χ2v) is 8.06. The maximum Gasteiger partial charge on any atom is 0.242 e. The summed E-state index contributed by atoms with van der Waals surface area (Å²) in [5.41, 5.74) is 2.90. The van der Waals surface area contributed by atoms with Gasteiger partial charge in [0, 0.05) is 40.4 Å². The fourth-order valence-electron chi connectivity index (χ4n) is 4.43. The quantitative estimate of drug-likeness (QED) is 0.558. The van der Waals surface area contributed by atoms with Gasteiger partial charge in [0.05, 0.1) is 6.54 Å². The van der Waals surface area contributed by atoms with E-state index < -0.39 is 0 Å². The molecular weight excluding hydrogens is 352 g/mol. The van der Waals surface area contributed by atoms with Gasteiger partial charge in [-0.3, -0.25) is 9.79 Å². The molecule has 0 unspecified atom stereocenters. The van der Waals surface area contributed by atoms with E-state index in [1.54, 1.807) is 14.2 Å². The fraction of sp³-hybridized carbons (Fsp3) is 0.636. The first-order chi connectivity index (χ1) is 13.7. The molecular formula is C22H34N4O2. The molecule has 0 bridgehead atoms. The summed E-state index contributed by atoms with van der Waals surface area (Å²) < 4.78 is 5.31. The molecule has 0 aromatic heterocycles. The number of amides is 1. The topological polar surface area (TPSA) is 66.0 Å². The normalized spacial score (nSPS) is 18.6. The van der Waals surface area contributed by atoms with Crippen LogP contribution in [-0.4, -0.2) is 57.2 Å². The van der Waals surface area contributed by atoms with Gasteiger partial charge in [-0.1, -0.05) is 37.1 Å². The lowest BCUT2D eigenvalue weighted by Crippen LogP contribution is -2.48. The minimum Gasteiger partial charge on any atom is -0.385 e. The fourth-order valence-corrected chi connectivity index (χ4v) is 4.43. The summed E-state index contributed by atoms with van der Waals surface area (Å²) in [4.78, 5) is 18.9. The molecule has 1 aromatic carbocycles. The lowest BCUT2D eigenvalue weighted by molar-refractivity contribution is -0.130. The number of fused-ring (bicyclic) bond motifs is 1. The molecule has 28 heavy (non-hydrogen) atoms. The van der Waals surface area contributed by atoms with E-state index in [1.807, 2.05) is 11.0 Å². The average molecular weight is 387 g/mol. The Hall–Kier alpha value is -2.08. The Morgan fingerprint density at radius 1 is 1.21 bits per heavy atom. The summed E-state index contributed by atoms with van der Waals surface area (Å²) in [5, 5.41) is 6.65. The number of carbonyl (C=O) groups is 1. The van der Waals surface area contributed by atoms with Gasteiger partial charge in [-0.15, -0.1) is 0 Å². The predicted molar refractivity (Wildman–Crippen MR) is 112 cm³/mol. The standard InChI is InChI=1S/C22H34N4O2/c1-23-21(25-17-22(12-14-28-2)10-5-6-11-22)24-15-20(27)26-13-9-18-7-3-4-8-19(18)16-26/h3-4,7-8H,5-6,9-17H2,1-2H3,(H2,23,24,25). The number of benzene rings is 1. The van der Waals surface area contributed by atoms with Gasteiger partial charge in [-0.05, 0) is 42.2 Å². The number of nitrogens with zero attached hydrogens (tertiary/aromatic N) is 2. The molecule has 6 heteroatoms. The van der Waals surface area contributed by atoms with Crippen LogP contribution in [0.1, 0.15) is 43.2 Å². The van der Waals surface area contributed by atoms with Crippen molar-refractivity contribution in [3.63, 3.8) is 0 Å². The molecule has 2 N–H and O–H groups in total. The van der Waals surface area contributed by atoms with Crippen LogP contribution in [-0.2, 0) is 22.5 Å². The van der Waals surface area contributed by atoms with E-state index in [4.69, 9.17) is 4.74 Å². The number of aliphatic imine (C=N–C) groups is 1. The van der Waals surface area contributed by atoms with Gasteiger partial charge in [0.25, 0.3) is 0 Å². The number of nitrogens with one attached hydrogen (secondary N) is 2. The van der Waals surface area contributed by atoms with E-state index in [0.717, 1.165) is 32.5 Å². The summed E-state index contributed by atoms with van der Waals surface area (Å²) in [6, 6.07) is 8.38. The van der Waals surface area contributed by atoms with Gasteiger partial charge in [0.1, 0.15) is 0 Å². The minimum absolute atomic E-state index is 0.118. The highest BCUT2D eigenvalue weighted by Crippen LogP contribution is 2.40. The van der Waals surface area contributed by atoms with Gasteiger partial charge in [-0.25, -0.2) is 0 Å². The Bertz CT molecular complexity index is 683. The van der Waals surface area contributed by atoms with Crippen LogP contribution in [0.25, 0.3) is 0 Å². The Balaban J connectivity index is 1.47. The molecule has 1 amide bonds. The number of guanidine groups is 1. The molecule has 1 heterocycles. The van der Waals surface area contributed by atoms with Crippen LogP contribution in [0.2, 0.25) is 0 Å². The monoisotopic (exact) mass is 386 g/mol. The molecule has 1 aliphatic carbocycles. The van der Waals surface area contributed by atoms with Crippen LogP contribution in [0.15, 0.2) is 29.3 Å². The van der Waals surface area contributed by atoms with Gasteiger partial charge in [0.2, 0.25) is 5.91 Å². The van der Waals surface area contributed by atoms with Crippen LogP contribution in [0, 0.1) is 5.41 Å². The van der Waals surface area contributed by atoms with Crippen molar-refractivity contribution in [2.24, 2.45) is 10.4 Å². The number of carbonyl (C=O) groups excluding carboxylic acids is 1. The SMILES string of the molecule is CN=C(NCC(=O)N1CCc2ccccc2C1)NCC1(CCOC)CCCC1. The Morgan fingerprint density at radius 3 is 2.68 bits per heavy atom. The van der Waals surface area contributed by atoms with Crippen LogP contribution < -0.4 is 10.6 Å². The number of hydrogen-bond acceptors (Lipinski definition) is 3. The smallest absolute Gasteiger partial charge is 0.242 e. The maximum atomic E-state index is 12.7. The maximum absolute atomic E-state index is 12.7. The predicted octanol–water partition coefficient (Wildman–Crippen LogP) is 2.33. The summed E-state index contributed by atoms with van der Waals surface area (Å²) >= 11 is 0. The van der Waals surface area contributed by atoms with Crippen molar-refractivity contribution in [3.05, 3.63) is 35.4 Å². The molecule has 3 rings (SSSR count). The van der Waals surface area contributed by atoms with Crippen molar-refractivity contribution >= 4 is 11.9 Å². The molecule has 0 saturated heterocycles. The van der Waals surface area contributed by atoms with E-state index >= 15 is 0 Å². The molecule has 1 fully saturated rings. The van der Waals surface area contributed by atoms with Gasteiger partial charge < -0.3 is 20.3 Å². The molecule has 0 atom stereocenters. The van der Waals surface area contributed by atoms with Crippen LogP contribution in [0.4, 0.5) is 0 Å². The molecule has 0 spiro atoms. The van der Waals surface area contributed by atoms with Crippen molar-refractivity contribution < 1.29 is 9.53 Å². The highest BCUT2D eigenvalue weighted by molar-refractivity contribution is 5.86. The van der Waals surface area contributed by atoms with Gasteiger partial charge in [0.15, 0.2) is 5.96 Å². The lowest BCUT2D eigenvalue weighted by Gasteiger charge is -2.31. The number of methoxy groups -OCH3 is 1. The van der Waals surface area contributed by atoms with Crippen molar-refractivity contribution in [1.29, 1.82) is 0 Å². The lowest BCUT2D eigenvalue weighted by atomic mass is 9.83. The summed E-state index contributed by atoms with van der Waals surface area (Å²) in [6.45, 7) is 3.42. The number of rotatable bonds is 7. The van der Waals surface area contributed by atoms with E-state index in [1.165, 1.54) is 36.8 Å². The Labute approximate surface area is 168 Å². The van der Waals surface area contributed by atoms with Crippen molar-refractivity contribution in [2.75, 3.05) is 40.4 Å². The Kier molecular flexibility index (Phi) is 7.31. The summed E-state index contributed by atoms with van der Waals surface area (Å²) in [5.74, 6) is 0.821. The zero-order valence-corrected chi connectivity index (χ0v) is 17.3. The van der Waals surface area contributed by atoms with Crippen LogP contribution >= 0.6 is 0 Å². The van der Waals surface area contributed by atoms with Crippen molar-refractivity contribution in [1.82, 2.24) is 15.5 Å². The molecule has 154 valence electrons. The molecule has 0 radical (unpaired) electrons. The zero-order chi connectivity index (χ0) is 19.8. The molecule has 2 aliphatic rings. The van der Waals surface area contributed by atoms with Crippen molar-refractivity contribution in [3.8, 4) is 0 Å². The minimum atomic E-state index is 0.118. The second-order valence-electron chi connectivity index (χ2n) is 8.06. The third kappa shape index (κ3) is 5.25. The van der Waals surface area contributed by atoms with E-state index in [0.29, 0.717) is 12.5 Å². The highest BCUT2D eigenvalue weighted by Gasteiger charge is 2.33. The summed E-state index contributed by atoms with van der Waals surface area (Å²) in [7, 11) is 3.52. The first-order valence-electron chi connectivity index (χ1n) is 10.4. The second kappa shape index (κ2) is 9.92.